The number of ether oxygens (including phenoxy) is 1. The first kappa shape index (κ1) is 15.9. The molecule has 116 valence electrons. The van der Waals surface area contributed by atoms with Gasteiger partial charge in [0.15, 0.2) is 0 Å². The molecule has 21 heavy (non-hydrogen) atoms. The van der Waals surface area contributed by atoms with Crippen molar-refractivity contribution in [2.45, 2.75) is 36.7 Å². The molecule has 1 amide bonds. The zero-order valence-corrected chi connectivity index (χ0v) is 13.0. The molecule has 0 heterocycles. The molecule has 0 unspecified atom stereocenters. The number of amides is 1. The third kappa shape index (κ3) is 3.42. The maximum atomic E-state index is 12.2. The molecule has 6 nitrogen and oxygen atoms in total. The summed E-state index contributed by atoms with van der Waals surface area (Å²) in [6, 6.07) is 4.22. The molecular weight excluding hydrogens is 292 g/mol. The van der Waals surface area contributed by atoms with Gasteiger partial charge < -0.3 is 10.1 Å². The summed E-state index contributed by atoms with van der Waals surface area (Å²) in [4.78, 5) is 12.2. The van der Waals surface area contributed by atoms with Crippen LogP contribution in [0.3, 0.4) is 0 Å². The predicted octanol–water partition coefficient (Wildman–Crippen LogP) is 0.941. The summed E-state index contributed by atoms with van der Waals surface area (Å²) >= 11 is 0. The summed E-state index contributed by atoms with van der Waals surface area (Å²) in [6.45, 7) is 2.14. The molecule has 1 aromatic rings. The van der Waals surface area contributed by atoms with E-state index in [1.807, 2.05) is 0 Å². The van der Waals surface area contributed by atoms with Gasteiger partial charge in [0.25, 0.3) is 5.91 Å². The minimum atomic E-state index is -3.75. The molecule has 1 fully saturated rings. The van der Waals surface area contributed by atoms with Gasteiger partial charge in [-0.25, -0.2) is 13.6 Å². The maximum absolute atomic E-state index is 12.2. The van der Waals surface area contributed by atoms with Crippen molar-refractivity contribution < 1.29 is 17.9 Å². The Balaban J connectivity index is 2.09. The van der Waals surface area contributed by atoms with E-state index in [1.54, 1.807) is 14.0 Å². The Morgan fingerprint density at radius 1 is 1.43 bits per heavy atom. The lowest BCUT2D eigenvalue weighted by Crippen LogP contribution is -2.49. The number of rotatable bonds is 5. The van der Waals surface area contributed by atoms with Crippen LogP contribution in [0.1, 0.15) is 35.2 Å². The summed E-state index contributed by atoms with van der Waals surface area (Å²) in [5.41, 5.74) is 0.761. The molecule has 1 aliphatic carbocycles. The Hall–Kier alpha value is -1.44. The van der Waals surface area contributed by atoms with Gasteiger partial charge in [-0.1, -0.05) is 0 Å². The van der Waals surface area contributed by atoms with Gasteiger partial charge in [0, 0.05) is 19.2 Å². The van der Waals surface area contributed by atoms with Crippen molar-refractivity contribution in [2.24, 2.45) is 5.14 Å². The van der Waals surface area contributed by atoms with Gasteiger partial charge in [0.05, 0.1) is 10.5 Å². The van der Waals surface area contributed by atoms with E-state index in [9.17, 15) is 13.2 Å². The number of nitrogens with one attached hydrogen (secondary N) is 1. The molecule has 1 saturated carbocycles. The second kappa shape index (κ2) is 5.75. The zero-order chi connectivity index (χ0) is 15.7. The Labute approximate surface area is 124 Å². The lowest BCUT2D eigenvalue weighted by molar-refractivity contribution is -0.0679. The normalized spacial score (nSPS) is 17.1. The fourth-order valence-electron chi connectivity index (χ4n) is 2.43. The number of sulfonamides is 1. The summed E-state index contributed by atoms with van der Waals surface area (Å²) in [5.74, 6) is -0.239. The van der Waals surface area contributed by atoms with Crippen LogP contribution < -0.4 is 10.5 Å². The van der Waals surface area contributed by atoms with Crippen LogP contribution in [0.2, 0.25) is 0 Å². The van der Waals surface area contributed by atoms with Gasteiger partial charge in [0.1, 0.15) is 0 Å². The van der Waals surface area contributed by atoms with Crippen LogP contribution in [0.15, 0.2) is 23.1 Å². The topological polar surface area (TPSA) is 98.5 Å². The molecule has 3 N–H and O–H groups in total. The largest absolute Gasteiger partial charge is 0.376 e. The number of methoxy groups -OCH3 is 1. The highest BCUT2D eigenvalue weighted by Crippen LogP contribution is 2.34. The highest BCUT2D eigenvalue weighted by Gasteiger charge is 2.37. The average molecular weight is 312 g/mol. The lowest BCUT2D eigenvalue weighted by Gasteiger charge is -2.40. The highest BCUT2D eigenvalue weighted by molar-refractivity contribution is 7.89. The number of hydrogen-bond donors (Lipinski definition) is 2. The van der Waals surface area contributed by atoms with Gasteiger partial charge in [-0.3, -0.25) is 4.79 Å². The first-order valence-electron chi connectivity index (χ1n) is 6.74. The van der Waals surface area contributed by atoms with E-state index in [0.717, 1.165) is 19.3 Å². The summed E-state index contributed by atoms with van der Waals surface area (Å²) in [5, 5.41) is 7.91. The molecule has 0 atom stereocenters. The van der Waals surface area contributed by atoms with Gasteiger partial charge >= 0.3 is 0 Å². The van der Waals surface area contributed by atoms with Gasteiger partial charge in [0.2, 0.25) is 10.0 Å². The molecule has 1 aromatic carbocycles. The Kier molecular flexibility index (Phi) is 4.36. The van der Waals surface area contributed by atoms with Crippen molar-refractivity contribution in [1.29, 1.82) is 0 Å². The van der Waals surface area contributed by atoms with Crippen LogP contribution in [0.25, 0.3) is 0 Å². The third-order valence-electron chi connectivity index (χ3n) is 4.04. The van der Waals surface area contributed by atoms with Gasteiger partial charge in [-0.15, -0.1) is 0 Å². The summed E-state index contributed by atoms with van der Waals surface area (Å²) < 4.78 is 28.0. The van der Waals surface area contributed by atoms with E-state index in [2.05, 4.69) is 5.32 Å². The van der Waals surface area contributed by atoms with Crippen LogP contribution in [0, 0.1) is 6.92 Å². The SMILES string of the molecule is COC1(CNC(=O)c2ccc(S(N)(=O)=O)cc2C)CCC1. The van der Waals surface area contributed by atoms with Crippen LogP contribution in [-0.2, 0) is 14.8 Å². The Morgan fingerprint density at radius 3 is 2.52 bits per heavy atom. The van der Waals surface area contributed by atoms with E-state index in [-0.39, 0.29) is 16.4 Å². The second-order valence-electron chi connectivity index (χ2n) is 5.45. The summed E-state index contributed by atoms with van der Waals surface area (Å²) in [7, 11) is -2.10. The number of carbonyl (C=O) groups is 1. The molecule has 0 radical (unpaired) electrons. The van der Waals surface area contributed by atoms with Crippen LogP contribution in [0.5, 0.6) is 0 Å². The van der Waals surface area contributed by atoms with Crippen molar-refractivity contribution in [2.75, 3.05) is 13.7 Å². The molecule has 0 aromatic heterocycles. The predicted molar refractivity (Wildman–Crippen MR) is 78.5 cm³/mol. The molecule has 2 rings (SSSR count). The molecular formula is C14H20N2O4S. The number of aryl methyl sites for hydroxylation is 1. The standard InChI is InChI=1S/C14H20N2O4S/c1-10-8-11(21(15,18)19)4-5-12(10)13(17)16-9-14(20-2)6-3-7-14/h4-5,8H,3,6-7,9H2,1-2H3,(H,16,17)(H2,15,18,19). The minimum absolute atomic E-state index is 0.00362. The number of hydrogen-bond acceptors (Lipinski definition) is 4. The van der Waals surface area contributed by atoms with Crippen molar-refractivity contribution in [3.8, 4) is 0 Å². The van der Waals surface area contributed by atoms with Crippen LogP contribution in [-0.4, -0.2) is 33.6 Å². The number of primary sulfonamides is 1. The van der Waals surface area contributed by atoms with E-state index >= 15 is 0 Å². The minimum Gasteiger partial charge on any atom is -0.376 e. The molecule has 0 bridgehead atoms. The lowest BCUT2D eigenvalue weighted by atomic mass is 9.80. The monoisotopic (exact) mass is 312 g/mol. The highest BCUT2D eigenvalue weighted by atomic mass is 32.2. The number of benzene rings is 1. The molecule has 0 saturated heterocycles. The van der Waals surface area contributed by atoms with Crippen molar-refractivity contribution in [3.05, 3.63) is 29.3 Å². The maximum Gasteiger partial charge on any atom is 0.251 e. The molecule has 0 spiro atoms. The molecule has 1 aliphatic rings. The second-order valence-corrected chi connectivity index (χ2v) is 7.01. The smallest absolute Gasteiger partial charge is 0.251 e. The Bertz CT molecular complexity index is 645. The third-order valence-corrected chi connectivity index (χ3v) is 4.95. The average Bonchev–Trinajstić information content (AvgIpc) is 2.36. The molecule has 7 heteroatoms. The van der Waals surface area contributed by atoms with Crippen molar-refractivity contribution in [3.63, 3.8) is 0 Å². The first-order chi connectivity index (χ1) is 9.77. The van der Waals surface area contributed by atoms with E-state index in [1.165, 1.54) is 18.2 Å². The zero-order valence-electron chi connectivity index (χ0n) is 12.2. The van der Waals surface area contributed by atoms with Gasteiger partial charge in [-0.2, -0.15) is 0 Å². The Morgan fingerprint density at radius 2 is 2.10 bits per heavy atom. The fourth-order valence-corrected chi connectivity index (χ4v) is 3.03. The van der Waals surface area contributed by atoms with Crippen molar-refractivity contribution >= 4 is 15.9 Å². The molecule has 0 aliphatic heterocycles. The van der Waals surface area contributed by atoms with Crippen LogP contribution >= 0.6 is 0 Å². The summed E-state index contributed by atoms with van der Waals surface area (Å²) in [6.07, 6.45) is 2.98. The van der Waals surface area contributed by atoms with Gasteiger partial charge in [-0.05, 0) is 49.9 Å². The van der Waals surface area contributed by atoms with E-state index in [4.69, 9.17) is 9.88 Å². The van der Waals surface area contributed by atoms with Crippen molar-refractivity contribution in [1.82, 2.24) is 5.32 Å². The van der Waals surface area contributed by atoms with E-state index < -0.39 is 10.0 Å². The van der Waals surface area contributed by atoms with E-state index in [0.29, 0.717) is 17.7 Å². The number of carbonyl (C=O) groups excluding carboxylic acids is 1. The quantitative estimate of drug-likeness (QED) is 0.845. The number of nitrogens with two attached hydrogens (primary N) is 1. The van der Waals surface area contributed by atoms with Crippen LogP contribution in [0.4, 0.5) is 0 Å². The fraction of sp³-hybridized carbons (Fsp3) is 0.500. The first-order valence-corrected chi connectivity index (χ1v) is 8.29.